The molecule has 0 saturated carbocycles. The Hall–Kier alpha value is -1.52. The Morgan fingerprint density at radius 3 is 2.83 bits per heavy atom. The van der Waals surface area contributed by atoms with E-state index in [-0.39, 0.29) is 0 Å². The van der Waals surface area contributed by atoms with Crippen molar-refractivity contribution in [2.75, 3.05) is 24.5 Å². The molecule has 0 bridgehead atoms. The molecular weight excluding hydrogens is 308 g/mol. The third-order valence-corrected chi connectivity index (χ3v) is 5.74. The van der Waals surface area contributed by atoms with E-state index < -0.39 is 0 Å². The summed E-state index contributed by atoms with van der Waals surface area (Å²) in [7, 11) is 0. The highest BCUT2D eigenvalue weighted by Gasteiger charge is 2.28. The third kappa shape index (κ3) is 2.98. The molecular formula is C18H23ClN4. The first kappa shape index (κ1) is 15.0. The molecule has 4 rings (SSSR count). The van der Waals surface area contributed by atoms with Gasteiger partial charge in [0.25, 0.3) is 0 Å². The fourth-order valence-electron chi connectivity index (χ4n) is 3.82. The van der Waals surface area contributed by atoms with Crippen LogP contribution < -0.4 is 4.90 Å². The Labute approximate surface area is 142 Å². The van der Waals surface area contributed by atoms with Crippen molar-refractivity contribution in [1.82, 2.24) is 15.1 Å². The molecule has 1 aromatic heterocycles. The van der Waals surface area contributed by atoms with Crippen LogP contribution in [0.2, 0.25) is 5.02 Å². The van der Waals surface area contributed by atoms with Crippen molar-refractivity contribution in [3.05, 3.63) is 46.2 Å². The minimum atomic E-state index is 0.690. The zero-order valence-corrected chi connectivity index (χ0v) is 14.3. The van der Waals surface area contributed by atoms with Gasteiger partial charge in [0.05, 0.1) is 6.20 Å². The van der Waals surface area contributed by atoms with Crippen LogP contribution in [0.5, 0.6) is 0 Å². The molecule has 23 heavy (non-hydrogen) atoms. The summed E-state index contributed by atoms with van der Waals surface area (Å²) >= 11 is 6.28. The second kappa shape index (κ2) is 6.17. The topological polar surface area (TPSA) is 35.2 Å². The van der Waals surface area contributed by atoms with E-state index >= 15 is 0 Å². The van der Waals surface area contributed by atoms with Crippen molar-refractivity contribution >= 4 is 17.3 Å². The van der Waals surface area contributed by atoms with E-state index in [4.69, 9.17) is 11.6 Å². The number of rotatable bonds is 2. The van der Waals surface area contributed by atoms with E-state index in [0.717, 1.165) is 43.2 Å². The van der Waals surface area contributed by atoms with E-state index in [1.807, 2.05) is 6.20 Å². The van der Waals surface area contributed by atoms with Crippen molar-refractivity contribution in [2.24, 2.45) is 0 Å². The summed E-state index contributed by atoms with van der Waals surface area (Å²) in [6.07, 6.45) is 5.53. The molecule has 122 valence electrons. The van der Waals surface area contributed by atoms with Crippen molar-refractivity contribution in [3.63, 3.8) is 0 Å². The Balaban J connectivity index is 1.38. The summed E-state index contributed by atoms with van der Waals surface area (Å²) in [6, 6.07) is 7.11. The van der Waals surface area contributed by atoms with Gasteiger partial charge < -0.3 is 4.90 Å². The molecule has 2 aliphatic rings. The number of piperidine rings is 1. The van der Waals surface area contributed by atoms with Crippen LogP contribution in [0.4, 0.5) is 5.69 Å². The number of halogens is 1. The maximum atomic E-state index is 6.28. The van der Waals surface area contributed by atoms with Crippen LogP contribution in [0.25, 0.3) is 0 Å². The highest BCUT2D eigenvalue weighted by molar-refractivity contribution is 6.31. The molecule has 4 nitrogen and oxygen atoms in total. The Morgan fingerprint density at radius 2 is 2.04 bits per heavy atom. The van der Waals surface area contributed by atoms with Gasteiger partial charge in [0.1, 0.15) is 0 Å². The van der Waals surface area contributed by atoms with Gasteiger partial charge in [-0.1, -0.05) is 17.7 Å². The van der Waals surface area contributed by atoms with E-state index in [0.29, 0.717) is 6.04 Å². The van der Waals surface area contributed by atoms with E-state index in [1.54, 1.807) is 0 Å². The summed E-state index contributed by atoms with van der Waals surface area (Å²) in [6.45, 7) is 6.47. The lowest BCUT2D eigenvalue weighted by Crippen LogP contribution is -2.46. The molecule has 1 saturated heterocycles. The molecule has 2 aliphatic heterocycles. The number of aromatic nitrogens is 2. The predicted molar refractivity (Wildman–Crippen MR) is 94.1 cm³/mol. The lowest BCUT2D eigenvalue weighted by molar-refractivity contribution is 0.153. The van der Waals surface area contributed by atoms with Crippen molar-refractivity contribution in [1.29, 1.82) is 0 Å². The maximum Gasteiger partial charge on any atom is 0.0535 e. The number of aryl methyl sites for hydroxylation is 1. The van der Waals surface area contributed by atoms with Gasteiger partial charge in [-0.25, -0.2) is 0 Å². The lowest BCUT2D eigenvalue weighted by Gasteiger charge is -2.40. The summed E-state index contributed by atoms with van der Waals surface area (Å²) in [5, 5.41) is 8.17. The number of hydrogen-bond donors (Lipinski definition) is 1. The summed E-state index contributed by atoms with van der Waals surface area (Å²) in [4.78, 5) is 5.10. The van der Waals surface area contributed by atoms with Gasteiger partial charge in [-0.2, -0.15) is 5.10 Å². The molecule has 1 N–H and O–H groups in total. The zero-order chi connectivity index (χ0) is 15.8. The Kier molecular flexibility index (Phi) is 4.04. The fourth-order valence-corrected chi connectivity index (χ4v) is 4.00. The van der Waals surface area contributed by atoms with Gasteiger partial charge in [-0.05, 0) is 37.5 Å². The van der Waals surface area contributed by atoms with Crippen LogP contribution >= 0.6 is 11.6 Å². The lowest BCUT2D eigenvalue weighted by atomic mass is 9.98. The molecule has 3 heterocycles. The van der Waals surface area contributed by atoms with Crippen molar-refractivity contribution < 1.29 is 0 Å². The van der Waals surface area contributed by atoms with Gasteiger partial charge in [0, 0.05) is 60.6 Å². The minimum absolute atomic E-state index is 0.690. The number of fused-ring (bicyclic) bond motifs is 1. The number of nitrogens with one attached hydrogen (secondary N) is 1. The molecule has 1 aromatic carbocycles. The average molecular weight is 331 g/mol. The first-order valence-electron chi connectivity index (χ1n) is 8.47. The van der Waals surface area contributed by atoms with Gasteiger partial charge in [-0.15, -0.1) is 0 Å². The number of nitrogens with zero attached hydrogens (tertiary/aromatic N) is 3. The smallest absolute Gasteiger partial charge is 0.0535 e. The molecule has 2 aromatic rings. The van der Waals surface area contributed by atoms with E-state index in [9.17, 15) is 0 Å². The first-order valence-corrected chi connectivity index (χ1v) is 8.85. The molecule has 1 fully saturated rings. The van der Waals surface area contributed by atoms with Crippen LogP contribution in [-0.4, -0.2) is 40.8 Å². The largest absolute Gasteiger partial charge is 0.371 e. The van der Waals surface area contributed by atoms with Crippen LogP contribution in [0, 0.1) is 6.92 Å². The SMILES string of the molecule is Cc1ccc(N2CCC(N3CCc4[nH]ncc4C3)CC2)cc1Cl. The second-order valence-corrected chi connectivity index (χ2v) is 7.15. The monoisotopic (exact) mass is 330 g/mol. The molecule has 0 unspecified atom stereocenters. The minimum Gasteiger partial charge on any atom is -0.371 e. The summed E-state index contributed by atoms with van der Waals surface area (Å²) in [5.41, 5.74) is 5.11. The van der Waals surface area contributed by atoms with Crippen LogP contribution in [0.3, 0.4) is 0 Å². The first-order chi connectivity index (χ1) is 11.2. The van der Waals surface area contributed by atoms with Gasteiger partial charge in [-0.3, -0.25) is 10.00 Å². The van der Waals surface area contributed by atoms with E-state index in [1.165, 1.54) is 29.8 Å². The summed E-state index contributed by atoms with van der Waals surface area (Å²) in [5.74, 6) is 0. The van der Waals surface area contributed by atoms with Gasteiger partial charge in [0.2, 0.25) is 0 Å². The standard InChI is InChI=1S/C18H23ClN4/c1-13-2-3-16(10-17(13)19)22-7-4-15(5-8-22)23-9-6-18-14(12-23)11-20-21-18/h2-3,10-11,15H,4-9,12H2,1H3,(H,20,21). The van der Waals surface area contributed by atoms with Crippen LogP contribution in [-0.2, 0) is 13.0 Å². The fraction of sp³-hybridized carbons (Fsp3) is 0.500. The predicted octanol–water partition coefficient (Wildman–Crippen LogP) is 3.40. The summed E-state index contributed by atoms with van der Waals surface area (Å²) < 4.78 is 0. The Morgan fingerprint density at radius 1 is 1.22 bits per heavy atom. The average Bonchev–Trinajstić information content (AvgIpc) is 3.05. The maximum absolute atomic E-state index is 6.28. The normalized spacial score (nSPS) is 19.8. The number of aromatic amines is 1. The molecule has 0 aliphatic carbocycles. The van der Waals surface area contributed by atoms with Crippen LogP contribution in [0.1, 0.15) is 29.7 Å². The quantitative estimate of drug-likeness (QED) is 0.916. The van der Waals surface area contributed by atoms with Crippen molar-refractivity contribution in [3.8, 4) is 0 Å². The molecule has 0 atom stereocenters. The number of H-pyrrole nitrogens is 1. The molecule has 0 radical (unpaired) electrons. The number of benzene rings is 1. The molecule has 5 heteroatoms. The Bertz CT molecular complexity index is 688. The van der Waals surface area contributed by atoms with Crippen molar-refractivity contribution in [2.45, 2.75) is 38.8 Å². The highest BCUT2D eigenvalue weighted by atomic mass is 35.5. The van der Waals surface area contributed by atoms with Gasteiger partial charge in [0.15, 0.2) is 0 Å². The number of hydrogen-bond acceptors (Lipinski definition) is 3. The third-order valence-electron chi connectivity index (χ3n) is 5.33. The number of anilines is 1. The second-order valence-electron chi connectivity index (χ2n) is 6.75. The molecule has 0 amide bonds. The van der Waals surface area contributed by atoms with Gasteiger partial charge >= 0.3 is 0 Å². The zero-order valence-electron chi connectivity index (χ0n) is 13.6. The van der Waals surface area contributed by atoms with Crippen LogP contribution in [0.15, 0.2) is 24.4 Å². The van der Waals surface area contributed by atoms with E-state index in [2.05, 4.69) is 45.1 Å². The highest BCUT2D eigenvalue weighted by Crippen LogP contribution is 2.28. The molecule has 0 spiro atoms.